The van der Waals surface area contributed by atoms with Gasteiger partial charge in [-0.1, -0.05) is 0 Å². The van der Waals surface area contributed by atoms with Crippen molar-refractivity contribution < 1.29 is 19.1 Å². The van der Waals surface area contributed by atoms with Gasteiger partial charge in [-0.3, -0.25) is 14.6 Å². The Bertz CT molecular complexity index is 426. The van der Waals surface area contributed by atoms with Crippen LogP contribution in [0.15, 0.2) is 4.99 Å². The molecule has 1 aliphatic carbocycles. The molecular weight excluding hydrogens is 439 g/mol. The minimum absolute atomic E-state index is 0. The Morgan fingerprint density at radius 1 is 1.16 bits per heavy atom. The minimum Gasteiger partial charge on any atom is -0.466 e. The third-order valence-corrected chi connectivity index (χ3v) is 3.96. The maximum Gasteiger partial charge on any atom is 0.308 e. The average molecular weight is 470 g/mol. The number of halogens is 1. The Labute approximate surface area is 166 Å². The molecular formula is C16H31IN4O4. The first-order valence-corrected chi connectivity index (χ1v) is 8.50. The highest BCUT2D eigenvalue weighted by Crippen LogP contribution is 2.25. The van der Waals surface area contributed by atoms with E-state index in [4.69, 9.17) is 9.47 Å². The number of hydrogen-bond acceptors (Lipinski definition) is 5. The van der Waals surface area contributed by atoms with E-state index in [2.05, 4.69) is 20.9 Å². The number of aliphatic imine (C=N–C) groups is 1. The van der Waals surface area contributed by atoms with Gasteiger partial charge in [-0.25, -0.2) is 0 Å². The van der Waals surface area contributed by atoms with Crippen molar-refractivity contribution >= 4 is 41.8 Å². The molecule has 3 N–H and O–H groups in total. The van der Waals surface area contributed by atoms with Crippen LogP contribution in [0.25, 0.3) is 0 Å². The Hall–Kier alpha value is -1.10. The molecule has 0 radical (unpaired) electrons. The van der Waals surface area contributed by atoms with Crippen LogP contribution in [0.5, 0.6) is 0 Å². The van der Waals surface area contributed by atoms with Crippen molar-refractivity contribution in [2.24, 2.45) is 10.9 Å². The average Bonchev–Trinajstić information content (AvgIpc) is 2.59. The molecule has 1 amide bonds. The zero-order valence-electron chi connectivity index (χ0n) is 15.3. The maximum absolute atomic E-state index is 11.7. The SMILES string of the molecule is CCOC(=O)C1CCC(NC(=NC)NCC(=O)NCCOC)CC1.I. The van der Waals surface area contributed by atoms with Crippen LogP contribution in [0.4, 0.5) is 0 Å². The first-order valence-electron chi connectivity index (χ1n) is 8.50. The van der Waals surface area contributed by atoms with Crippen LogP contribution < -0.4 is 16.0 Å². The van der Waals surface area contributed by atoms with Crippen molar-refractivity contribution in [2.45, 2.75) is 38.6 Å². The molecule has 9 heteroatoms. The fourth-order valence-electron chi connectivity index (χ4n) is 2.64. The molecule has 146 valence electrons. The van der Waals surface area contributed by atoms with Crippen molar-refractivity contribution in [1.82, 2.24) is 16.0 Å². The molecule has 0 saturated heterocycles. The number of amides is 1. The molecule has 1 aliphatic rings. The van der Waals surface area contributed by atoms with Gasteiger partial charge >= 0.3 is 5.97 Å². The molecule has 1 saturated carbocycles. The normalized spacial score (nSPS) is 20.2. The lowest BCUT2D eigenvalue weighted by Gasteiger charge is -2.29. The lowest BCUT2D eigenvalue weighted by molar-refractivity contribution is -0.149. The lowest BCUT2D eigenvalue weighted by Crippen LogP contribution is -2.48. The molecule has 0 aromatic carbocycles. The summed E-state index contributed by atoms with van der Waals surface area (Å²) >= 11 is 0. The number of guanidine groups is 1. The molecule has 25 heavy (non-hydrogen) atoms. The number of ether oxygens (including phenoxy) is 2. The van der Waals surface area contributed by atoms with Crippen molar-refractivity contribution in [2.75, 3.05) is 40.5 Å². The number of carbonyl (C=O) groups is 2. The molecule has 0 unspecified atom stereocenters. The van der Waals surface area contributed by atoms with Gasteiger partial charge in [0.25, 0.3) is 0 Å². The third-order valence-electron chi connectivity index (χ3n) is 3.96. The number of nitrogens with one attached hydrogen (secondary N) is 3. The molecule has 0 bridgehead atoms. The van der Waals surface area contributed by atoms with E-state index in [-0.39, 0.29) is 54.4 Å². The largest absolute Gasteiger partial charge is 0.466 e. The fourth-order valence-corrected chi connectivity index (χ4v) is 2.64. The zero-order chi connectivity index (χ0) is 17.8. The number of esters is 1. The molecule has 0 spiro atoms. The van der Waals surface area contributed by atoms with Gasteiger partial charge in [0.05, 0.1) is 25.7 Å². The first-order chi connectivity index (χ1) is 11.6. The van der Waals surface area contributed by atoms with Crippen molar-refractivity contribution in [1.29, 1.82) is 0 Å². The van der Waals surface area contributed by atoms with Crippen LogP contribution in [0.1, 0.15) is 32.6 Å². The molecule has 8 nitrogen and oxygen atoms in total. The Balaban J connectivity index is 0.00000576. The molecule has 0 atom stereocenters. The number of rotatable bonds is 8. The quantitative estimate of drug-likeness (QED) is 0.158. The summed E-state index contributed by atoms with van der Waals surface area (Å²) in [7, 11) is 3.26. The van der Waals surface area contributed by atoms with E-state index in [0.717, 1.165) is 25.7 Å². The third kappa shape index (κ3) is 9.83. The molecule has 0 aromatic rings. The molecule has 1 rings (SSSR count). The summed E-state index contributed by atoms with van der Waals surface area (Å²) in [4.78, 5) is 27.5. The molecule has 0 heterocycles. The van der Waals surface area contributed by atoms with E-state index in [0.29, 0.717) is 25.7 Å². The van der Waals surface area contributed by atoms with E-state index in [1.807, 2.05) is 6.92 Å². The highest BCUT2D eigenvalue weighted by Gasteiger charge is 2.27. The van der Waals surface area contributed by atoms with E-state index in [9.17, 15) is 9.59 Å². The van der Waals surface area contributed by atoms with Gasteiger partial charge in [0.1, 0.15) is 0 Å². The maximum atomic E-state index is 11.7. The highest BCUT2D eigenvalue weighted by molar-refractivity contribution is 14.0. The van der Waals surface area contributed by atoms with Gasteiger partial charge in [-0.2, -0.15) is 0 Å². The number of nitrogens with zero attached hydrogens (tertiary/aromatic N) is 1. The van der Waals surface area contributed by atoms with Gasteiger partial charge in [0, 0.05) is 26.7 Å². The lowest BCUT2D eigenvalue weighted by atomic mass is 9.86. The Kier molecular flexibility index (Phi) is 13.5. The van der Waals surface area contributed by atoms with E-state index >= 15 is 0 Å². The van der Waals surface area contributed by atoms with Crippen LogP contribution >= 0.6 is 24.0 Å². The smallest absolute Gasteiger partial charge is 0.308 e. The second-order valence-electron chi connectivity index (χ2n) is 5.71. The second-order valence-corrected chi connectivity index (χ2v) is 5.71. The van der Waals surface area contributed by atoms with Gasteiger partial charge in [0.2, 0.25) is 5.91 Å². The minimum atomic E-state index is -0.110. The summed E-state index contributed by atoms with van der Waals surface area (Å²) in [5, 5.41) is 9.03. The van der Waals surface area contributed by atoms with Crippen molar-refractivity contribution in [3.05, 3.63) is 0 Å². The standard InChI is InChI=1S/C16H30N4O4.HI/c1-4-24-15(22)12-5-7-13(8-6-12)20-16(17-2)19-11-14(21)18-9-10-23-3;/h12-13H,4-11H2,1-3H3,(H,18,21)(H2,17,19,20);1H. The summed E-state index contributed by atoms with van der Waals surface area (Å²) in [6.45, 7) is 3.39. The van der Waals surface area contributed by atoms with Gasteiger partial charge < -0.3 is 25.4 Å². The van der Waals surface area contributed by atoms with Crippen LogP contribution in [0.3, 0.4) is 0 Å². The molecule has 1 fully saturated rings. The summed E-state index contributed by atoms with van der Waals surface area (Å²) in [6.07, 6.45) is 3.38. The number of carbonyl (C=O) groups excluding carboxylic acids is 2. The fraction of sp³-hybridized carbons (Fsp3) is 0.812. The van der Waals surface area contributed by atoms with Crippen LogP contribution in [-0.4, -0.2) is 64.3 Å². The second kappa shape index (κ2) is 14.1. The summed E-state index contributed by atoms with van der Waals surface area (Å²) in [5.41, 5.74) is 0. The summed E-state index contributed by atoms with van der Waals surface area (Å²) in [6, 6.07) is 0.249. The van der Waals surface area contributed by atoms with E-state index < -0.39 is 0 Å². The van der Waals surface area contributed by atoms with Gasteiger partial charge in [-0.15, -0.1) is 24.0 Å². The summed E-state index contributed by atoms with van der Waals surface area (Å²) in [5.74, 6) is 0.396. The van der Waals surface area contributed by atoms with Crippen LogP contribution in [0, 0.1) is 5.92 Å². The molecule has 0 aromatic heterocycles. The van der Waals surface area contributed by atoms with Crippen LogP contribution in [0.2, 0.25) is 0 Å². The predicted octanol–water partition coefficient (Wildman–Crippen LogP) is 0.654. The van der Waals surface area contributed by atoms with E-state index in [1.54, 1.807) is 14.2 Å². The van der Waals surface area contributed by atoms with Crippen molar-refractivity contribution in [3.63, 3.8) is 0 Å². The van der Waals surface area contributed by atoms with Crippen LogP contribution in [-0.2, 0) is 19.1 Å². The van der Waals surface area contributed by atoms with E-state index in [1.165, 1.54) is 0 Å². The topological polar surface area (TPSA) is 101 Å². The molecule has 0 aliphatic heterocycles. The highest BCUT2D eigenvalue weighted by atomic mass is 127. The zero-order valence-corrected chi connectivity index (χ0v) is 17.6. The predicted molar refractivity (Wildman–Crippen MR) is 107 cm³/mol. The van der Waals surface area contributed by atoms with Crippen molar-refractivity contribution in [3.8, 4) is 0 Å². The summed E-state index contributed by atoms with van der Waals surface area (Å²) < 4.78 is 9.95. The Morgan fingerprint density at radius 2 is 1.84 bits per heavy atom. The van der Waals surface area contributed by atoms with Gasteiger partial charge in [0.15, 0.2) is 5.96 Å². The van der Waals surface area contributed by atoms with Gasteiger partial charge in [-0.05, 0) is 32.6 Å². The first kappa shape index (κ1) is 23.9. The monoisotopic (exact) mass is 470 g/mol. The number of methoxy groups -OCH3 is 1. The number of hydrogen-bond donors (Lipinski definition) is 3. The Morgan fingerprint density at radius 3 is 2.40 bits per heavy atom.